The third-order valence-corrected chi connectivity index (χ3v) is 2.58. The van der Waals surface area contributed by atoms with Crippen LogP contribution in [0.1, 0.15) is 17.5 Å². The number of methoxy groups -OCH3 is 1. The summed E-state index contributed by atoms with van der Waals surface area (Å²) < 4.78 is 5.22. The number of aryl methyl sites for hydroxylation is 1. The third kappa shape index (κ3) is 1.96. The highest BCUT2D eigenvalue weighted by molar-refractivity contribution is 6.04. The molecular weight excluding hydrogens is 188 g/mol. The highest BCUT2D eigenvalue weighted by atomic mass is 16.5. The first-order chi connectivity index (χ1) is 7.20. The molecule has 0 radical (unpaired) electrons. The van der Waals surface area contributed by atoms with Gasteiger partial charge in [0, 0.05) is 19.7 Å². The van der Waals surface area contributed by atoms with E-state index in [9.17, 15) is 0 Å². The Balaban J connectivity index is 2.40. The van der Waals surface area contributed by atoms with Gasteiger partial charge in [-0.15, -0.1) is 0 Å². The van der Waals surface area contributed by atoms with Crippen LogP contribution in [-0.2, 0) is 6.42 Å². The van der Waals surface area contributed by atoms with Gasteiger partial charge >= 0.3 is 0 Å². The van der Waals surface area contributed by atoms with E-state index in [2.05, 4.69) is 17.2 Å². The number of hydrogen-bond donors (Lipinski definition) is 0. The lowest BCUT2D eigenvalue weighted by Crippen LogP contribution is -2.07. The molecule has 3 nitrogen and oxygen atoms in total. The van der Waals surface area contributed by atoms with Crippen molar-refractivity contribution in [3.8, 4) is 5.75 Å². The Kier molecular flexibility index (Phi) is 2.62. The maximum atomic E-state index is 5.22. The van der Waals surface area contributed by atoms with Crippen LogP contribution in [0.15, 0.2) is 23.3 Å². The van der Waals surface area contributed by atoms with Crippen molar-refractivity contribution >= 4 is 5.71 Å². The van der Waals surface area contributed by atoms with Crippen LogP contribution in [-0.4, -0.2) is 31.9 Å². The highest BCUT2D eigenvalue weighted by Gasteiger charge is 2.18. The predicted molar refractivity (Wildman–Crippen MR) is 61.5 cm³/mol. The van der Waals surface area contributed by atoms with Crippen LogP contribution < -0.4 is 4.74 Å². The smallest absolute Gasteiger partial charge is 0.119 e. The zero-order chi connectivity index (χ0) is 10.8. The van der Waals surface area contributed by atoms with Gasteiger partial charge in [0.1, 0.15) is 5.75 Å². The molecule has 0 saturated carbocycles. The fourth-order valence-corrected chi connectivity index (χ4v) is 1.90. The van der Waals surface area contributed by atoms with Gasteiger partial charge in [0.25, 0.3) is 0 Å². The molecule has 0 spiro atoms. The maximum Gasteiger partial charge on any atom is 0.119 e. The SMILES string of the molecule is COc1ccc2c(c1)C(=NN(C)C)CC2. The van der Waals surface area contributed by atoms with Gasteiger partial charge in [-0.1, -0.05) is 6.07 Å². The predicted octanol–water partition coefficient (Wildman–Crippen LogP) is 1.91. The Morgan fingerprint density at radius 3 is 2.73 bits per heavy atom. The van der Waals surface area contributed by atoms with Crippen LogP contribution in [0.3, 0.4) is 0 Å². The second-order valence-electron chi connectivity index (χ2n) is 3.92. The number of hydrazone groups is 1. The van der Waals surface area contributed by atoms with E-state index in [-0.39, 0.29) is 0 Å². The van der Waals surface area contributed by atoms with Gasteiger partial charge in [0.2, 0.25) is 0 Å². The molecule has 0 fully saturated rings. The van der Waals surface area contributed by atoms with Gasteiger partial charge in [0.15, 0.2) is 0 Å². The molecule has 0 atom stereocenters. The van der Waals surface area contributed by atoms with Gasteiger partial charge in [0.05, 0.1) is 12.8 Å². The monoisotopic (exact) mass is 204 g/mol. The van der Waals surface area contributed by atoms with Crippen LogP contribution >= 0.6 is 0 Å². The lowest BCUT2D eigenvalue weighted by atomic mass is 10.1. The lowest BCUT2D eigenvalue weighted by molar-refractivity contribution is 0.414. The summed E-state index contributed by atoms with van der Waals surface area (Å²) in [5.41, 5.74) is 3.77. The fraction of sp³-hybridized carbons (Fsp3) is 0.417. The molecule has 1 aliphatic rings. The number of ether oxygens (including phenoxy) is 1. The Morgan fingerprint density at radius 2 is 2.07 bits per heavy atom. The van der Waals surface area contributed by atoms with Crippen molar-refractivity contribution in [2.45, 2.75) is 12.8 Å². The van der Waals surface area contributed by atoms with Crippen molar-refractivity contribution in [1.82, 2.24) is 5.01 Å². The Labute approximate surface area is 90.4 Å². The van der Waals surface area contributed by atoms with E-state index in [0.717, 1.165) is 24.3 Å². The Hall–Kier alpha value is -1.51. The largest absolute Gasteiger partial charge is 0.497 e. The Bertz CT molecular complexity index is 397. The topological polar surface area (TPSA) is 24.8 Å². The minimum atomic E-state index is 0.905. The maximum absolute atomic E-state index is 5.22. The molecule has 0 saturated heterocycles. The molecule has 0 unspecified atom stereocenters. The number of hydrogen-bond acceptors (Lipinski definition) is 3. The van der Waals surface area contributed by atoms with E-state index in [1.165, 1.54) is 11.1 Å². The standard InChI is InChI=1S/C12H16N2O/c1-14(2)13-12-7-5-9-4-6-10(15-3)8-11(9)12/h4,6,8H,5,7H2,1-3H3. The first kappa shape index (κ1) is 10.0. The van der Waals surface area contributed by atoms with E-state index < -0.39 is 0 Å². The number of fused-ring (bicyclic) bond motifs is 1. The molecule has 0 bridgehead atoms. The van der Waals surface area contributed by atoms with Gasteiger partial charge < -0.3 is 9.75 Å². The zero-order valence-electron chi connectivity index (χ0n) is 9.45. The molecular formula is C12H16N2O. The van der Waals surface area contributed by atoms with Crippen molar-refractivity contribution in [3.05, 3.63) is 29.3 Å². The average Bonchev–Trinajstić information content (AvgIpc) is 2.60. The van der Waals surface area contributed by atoms with Gasteiger partial charge in [-0.2, -0.15) is 5.10 Å². The summed E-state index contributed by atoms with van der Waals surface area (Å²) in [6.45, 7) is 0. The molecule has 2 rings (SSSR count). The van der Waals surface area contributed by atoms with E-state index >= 15 is 0 Å². The molecule has 1 aromatic carbocycles. The second kappa shape index (κ2) is 3.93. The lowest BCUT2D eigenvalue weighted by Gasteiger charge is -2.08. The molecule has 0 aromatic heterocycles. The summed E-state index contributed by atoms with van der Waals surface area (Å²) in [4.78, 5) is 0. The van der Waals surface area contributed by atoms with Gasteiger partial charge in [-0.25, -0.2) is 0 Å². The third-order valence-electron chi connectivity index (χ3n) is 2.58. The van der Waals surface area contributed by atoms with Crippen LogP contribution in [0.25, 0.3) is 0 Å². The van der Waals surface area contributed by atoms with E-state index in [4.69, 9.17) is 4.74 Å². The van der Waals surface area contributed by atoms with Gasteiger partial charge in [-0.05, 0) is 30.5 Å². The first-order valence-electron chi connectivity index (χ1n) is 5.13. The normalized spacial score (nSPS) is 16.6. The molecule has 80 valence electrons. The zero-order valence-corrected chi connectivity index (χ0v) is 9.45. The van der Waals surface area contributed by atoms with E-state index in [1.807, 2.05) is 25.2 Å². The Morgan fingerprint density at radius 1 is 1.27 bits per heavy atom. The molecule has 0 aliphatic heterocycles. The van der Waals surface area contributed by atoms with Crippen molar-refractivity contribution in [1.29, 1.82) is 0 Å². The fourth-order valence-electron chi connectivity index (χ4n) is 1.90. The van der Waals surface area contributed by atoms with Gasteiger partial charge in [-0.3, -0.25) is 0 Å². The molecule has 3 heteroatoms. The molecule has 0 amide bonds. The summed E-state index contributed by atoms with van der Waals surface area (Å²) >= 11 is 0. The van der Waals surface area contributed by atoms with Crippen LogP contribution in [0.2, 0.25) is 0 Å². The van der Waals surface area contributed by atoms with E-state index in [0.29, 0.717) is 0 Å². The first-order valence-corrected chi connectivity index (χ1v) is 5.13. The number of rotatable bonds is 2. The van der Waals surface area contributed by atoms with Crippen LogP contribution in [0.4, 0.5) is 0 Å². The molecule has 1 aromatic rings. The average molecular weight is 204 g/mol. The summed E-state index contributed by atoms with van der Waals surface area (Å²) in [6.07, 6.45) is 2.12. The second-order valence-corrected chi connectivity index (χ2v) is 3.92. The quantitative estimate of drug-likeness (QED) is 0.687. The minimum Gasteiger partial charge on any atom is -0.497 e. The number of nitrogens with zero attached hydrogens (tertiary/aromatic N) is 2. The minimum absolute atomic E-state index is 0.905. The molecule has 15 heavy (non-hydrogen) atoms. The van der Waals surface area contributed by atoms with Crippen LogP contribution in [0, 0.1) is 0 Å². The van der Waals surface area contributed by atoms with E-state index in [1.54, 1.807) is 7.11 Å². The van der Waals surface area contributed by atoms with Crippen molar-refractivity contribution in [2.24, 2.45) is 5.10 Å². The summed E-state index contributed by atoms with van der Waals surface area (Å²) in [5, 5.41) is 6.34. The van der Waals surface area contributed by atoms with Crippen LogP contribution in [0.5, 0.6) is 5.75 Å². The summed E-state index contributed by atoms with van der Waals surface area (Å²) in [6, 6.07) is 6.22. The molecule has 0 heterocycles. The highest BCUT2D eigenvalue weighted by Crippen LogP contribution is 2.26. The molecule has 0 N–H and O–H groups in total. The van der Waals surface area contributed by atoms with Crippen molar-refractivity contribution in [2.75, 3.05) is 21.2 Å². The van der Waals surface area contributed by atoms with Crippen molar-refractivity contribution in [3.63, 3.8) is 0 Å². The summed E-state index contributed by atoms with van der Waals surface area (Å²) in [7, 11) is 5.59. The summed E-state index contributed by atoms with van der Waals surface area (Å²) in [5.74, 6) is 0.905. The van der Waals surface area contributed by atoms with Crippen molar-refractivity contribution < 1.29 is 4.74 Å². The number of benzene rings is 1. The molecule has 1 aliphatic carbocycles.